The lowest BCUT2D eigenvalue weighted by Gasteiger charge is -2.38. The number of piperidine rings is 1. The quantitative estimate of drug-likeness (QED) is 0.533. The summed E-state index contributed by atoms with van der Waals surface area (Å²) in [6, 6.07) is 15.6. The predicted molar refractivity (Wildman–Crippen MR) is 120 cm³/mol. The van der Waals surface area contributed by atoms with E-state index in [-0.39, 0.29) is 17.8 Å². The Morgan fingerprint density at radius 1 is 1.06 bits per heavy atom. The molecule has 6 nitrogen and oxygen atoms in total. The third kappa shape index (κ3) is 4.78. The second-order valence-electron chi connectivity index (χ2n) is 7.83. The largest absolute Gasteiger partial charge is 0.493 e. The topological polar surface area (TPSA) is 55.2 Å². The van der Waals surface area contributed by atoms with Gasteiger partial charge in [-0.3, -0.25) is 9.69 Å². The third-order valence-electron chi connectivity index (χ3n) is 5.81. The van der Waals surface area contributed by atoms with Crippen LogP contribution in [0.25, 0.3) is 0 Å². The summed E-state index contributed by atoms with van der Waals surface area (Å²) in [4.78, 5) is 17.5. The van der Waals surface area contributed by atoms with Crippen molar-refractivity contribution < 1.29 is 23.1 Å². The minimum absolute atomic E-state index is 0.00513. The minimum atomic E-state index is -0.221. The highest BCUT2D eigenvalue weighted by atomic mass is 19.1. The molecule has 32 heavy (non-hydrogen) atoms. The highest BCUT2D eigenvalue weighted by Gasteiger charge is 2.31. The average molecular weight is 438 g/mol. The van der Waals surface area contributed by atoms with Crippen molar-refractivity contribution in [1.82, 2.24) is 4.90 Å². The maximum Gasteiger partial charge on any atom is 0.294 e. The van der Waals surface area contributed by atoms with Crippen LogP contribution in [0, 0.1) is 5.82 Å². The molecule has 1 amide bonds. The molecule has 0 aliphatic carbocycles. The van der Waals surface area contributed by atoms with E-state index >= 15 is 0 Å². The first-order chi connectivity index (χ1) is 15.6. The molecule has 2 aromatic carbocycles. The minimum Gasteiger partial charge on any atom is -0.493 e. The summed E-state index contributed by atoms with van der Waals surface area (Å²) in [5, 5.41) is 0. The normalized spacial score (nSPS) is 14.8. The Hall–Kier alpha value is -3.32. The Morgan fingerprint density at radius 3 is 2.50 bits per heavy atom. The molecule has 1 saturated heterocycles. The first-order valence-corrected chi connectivity index (χ1v) is 10.6. The van der Waals surface area contributed by atoms with E-state index in [0.29, 0.717) is 23.8 Å². The number of hydrogen-bond donors (Lipinski definition) is 0. The van der Waals surface area contributed by atoms with Gasteiger partial charge in [0.25, 0.3) is 5.91 Å². The molecule has 1 aliphatic rings. The molecule has 1 aromatic heterocycles. The maximum atomic E-state index is 13.5. The zero-order valence-electron chi connectivity index (χ0n) is 18.3. The molecule has 7 heteroatoms. The predicted octanol–water partition coefficient (Wildman–Crippen LogP) is 4.75. The van der Waals surface area contributed by atoms with Crippen molar-refractivity contribution in [3.05, 3.63) is 78.0 Å². The van der Waals surface area contributed by atoms with E-state index in [2.05, 4.69) is 4.90 Å². The molecular formula is C25H27FN2O4. The van der Waals surface area contributed by atoms with E-state index in [0.717, 1.165) is 37.2 Å². The summed E-state index contributed by atoms with van der Waals surface area (Å²) in [5.41, 5.74) is 1.68. The van der Waals surface area contributed by atoms with Gasteiger partial charge in [0.1, 0.15) is 5.82 Å². The molecule has 0 atom stereocenters. The molecule has 2 heterocycles. The lowest BCUT2D eigenvalue weighted by molar-refractivity contribution is 0.0931. The first kappa shape index (κ1) is 21.9. The highest BCUT2D eigenvalue weighted by molar-refractivity contribution is 6.04. The van der Waals surface area contributed by atoms with E-state index in [4.69, 9.17) is 13.9 Å². The van der Waals surface area contributed by atoms with Crippen LogP contribution in [0.3, 0.4) is 0 Å². The molecule has 4 rings (SSSR count). The number of furan rings is 1. The van der Waals surface area contributed by atoms with Gasteiger partial charge in [0.15, 0.2) is 17.3 Å². The molecule has 0 unspecified atom stereocenters. The monoisotopic (exact) mass is 438 g/mol. The van der Waals surface area contributed by atoms with E-state index < -0.39 is 0 Å². The molecule has 0 saturated carbocycles. The van der Waals surface area contributed by atoms with Gasteiger partial charge in [-0.25, -0.2) is 4.39 Å². The zero-order valence-corrected chi connectivity index (χ0v) is 18.3. The Bertz CT molecular complexity index is 1050. The molecule has 1 aliphatic heterocycles. The van der Waals surface area contributed by atoms with Gasteiger partial charge in [0.2, 0.25) is 0 Å². The number of amides is 1. The van der Waals surface area contributed by atoms with E-state index in [9.17, 15) is 9.18 Å². The second kappa shape index (κ2) is 9.87. The number of hydrogen-bond acceptors (Lipinski definition) is 5. The standard InChI is InChI=1S/C25H27FN2O4/c1-30-22-9-8-21(16-24(22)31-2)28(25(29)23-7-4-14-32-23)20-10-12-27(13-11-20)17-18-5-3-6-19(26)15-18/h3-9,14-16,20H,10-13,17H2,1-2H3. The van der Waals surface area contributed by atoms with Crippen LogP contribution in [-0.4, -0.2) is 44.2 Å². The number of benzene rings is 2. The molecule has 0 spiro atoms. The van der Waals surface area contributed by atoms with Crippen LogP contribution in [0.4, 0.5) is 10.1 Å². The first-order valence-electron chi connectivity index (χ1n) is 10.6. The molecule has 168 valence electrons. The highest BCUT2D eigenvalue weighted by Crippen LogP contribution is 2.34. The van der Waals surface area contributed by atoms with Crippen molar-refractivity contribution in [2.24, 2.45) is 0 Å². The number of rotatable bonds is 7. The van der Waals surface area contributed by atoms with Crippen LogP contribution in [-0.2, 0) is 6.54 Å². The van der Waals surface area contributed by atoms with Gasteiger partial charge in [-0.15, -0.1) is 0 Å². The fourth-order valence-electron chi connectivity index (χ4n) is 4.22. The summed E-state index contributed by atoms with van der Waals surface area (Å²) in [5.74, 6) is 1.05. The van der Waals surface area contributed by atoms with Crippen LogP contribution in [0.1, 0.15) is 29.0 Å². The van der Waals surface area contributed by atoms with Crippen LogP contribution >= 0.6 is 0 Å². The van der Waals surface area contributed by atoms with Gasteiger partial charge in [-0.1, -0.05) is 12.1 Å². The summed E-state index contributed by atoms with van der Waals surface area (Å²) in [6.45, 7) is 2.29. The lowest BCUT2D eigenvalue weighted by Crippen LogP contribution is -2.47. The van der Waals surface area contributed by atoms with Gasteiger partial charge in [0.05, 0.1) is 20.5 Å². The van der Waals surface area contributed by atoms with Gasteiger partial charge in [0, 0.05) is 37.4 Å². The fourth-order valence-corrected chi connectivity index (χ4v) is 4.22. The third-order valence-corrected chi connectivity index (χ3v) is 5.81. The zero-order chi connectivity index (χ0) is 22.5. The lowest BCUT2D eigenvalue weighted by atomic mass is 10.0. The van der Waals surface area contributed by atoms with Gasteiger partial charge < -0.3 is 18.8 Å². The summed E-state index contributed by atoms with van der Waals surface area (Å²) >= 11 is 0. The van der Waals surface area contributed by atoms with Crippen LogP contribution < -0.4 is 14.4 Å². The molecule has 3 aromatic rings. The van der Waals surface area contributed by atoms with Crippen LogP contribution in [0.5, 0.6) is 11.5 Å². The van der Waals surface area contributed by atoms with Gasteiger partial charge in [-0.2, -0.15) is 0 Å². The Labute approximate surface area is 187 Å². The molecule has 0 radical (unpaired) electrons. The number of methoxy groups -OCH3 is 2. The SMILES string of the molecule is COc1ccc(N(C(=O)c2ccco2)C2CCN(Cc3cccc(F)c3)CC2)cc1OC. The van der Waals surface area contributed by atoms with E-state index in [1.165, 1.54) is 12.3 Å². The fraction of sp³-hybridized carbons (Fsp3) is 0.320. The number of halogens is 1. The smallest absolute Gasteiger partial charge is 0.294 e. The van der Waals surface area contributed by atoms with Crippen molar-refractivity contribution in [2.45, 2.75) is 25.4 Å². The van der Waals surface area contributed by atoms with Crippen molar-refractivity contribution in [1.29, 1.82) is 0 Å². The molecular weight excluding hydrogens is 411 g/mol. The maximum absolute atomic E-state index is 13.5. The Balaban J connectivity index is 1.54. The number of ether oxygens (including phenoxy) is 2. The average Bonchev–Trinajstić information content (AvgIpc) is 3.35. The van der Waals surface area contributed by atoms with Crippen molar-refractivity contribution in [3.8, 4) is 11.5 Å². The number of nitrogens with zero attached hydrogens (tertiary/aromatic N) is 2. The number of likely N-dealkylation sites (tertiary alicyclic amines) is 1. The summed E-state index contributed by atoms with van der Waals surface area (Å²) < 4.78 is 29.7. The molecule has 0 bridgehead atoms. The van der Waals surface area contributed by atoms with E-state index in [1.54, 1.807) is 49.5 Å². The van der Waals surface area contributed by atoms with E-state index in [1.807, 2.05) is 18.2 Å². The number of carbonyl (C=O) groups excluding carboxylic acids is 1. The van der Waals surface area contributed by atoms with Gasteiger partial charge >= 0.3 is 0 Å². The second-order valence-corrected chi connectivity index (χ2v) is 7.83. The van der Waals surface area contributed by atoms with Crippen molar-refractivity contribution in [3.63, 3.8) is 0 Å². The van der Waals surface area contributed by atoms with Crippen LogP contribution in [0.2, 0.25) is 0 Å². The number of anilines is 1. The van der Waals surface area contributed by atoms with Crippen LogP contribution in [0.15, 0.2) is 65.3 Å². The Morgan fingerprint density at radius 2 is 1.84 bits per heavy atom. The number of carbonyl (C=O) groups is 1. The molecule has 0 N–H and O–H groups in total. The van der Waals surface area contributed by atoms with Gasteiger partial charge in [-0.05, 0) is 54.8 Å². The summed E-state index contributed by atoms with van der Waals surface area (Å²) in [6.07, 6.45) is 3.08. The van der Waals surface area contributed by atoms with Crippen molar-refractivity contribution in [2.75, 3.05) is 32.2 Å². The summed E-state index contributed by atoms with van der Waals surface area (Å²) in [7, 11) is 3.16. The Kier molecular flexibility index (Phi) is 6.75. The molecule has 1 fully saturated rings. The van der Waals surface area contributed by atoms with Crippen molar-refractivity contribution >= 4 is 11.6 Å².